The van der Waals surface area contributed by atoms with Crippen LogP contribution >= 0.6 is 0 Å². The van der Waals surface area contributed by atoms with Gasteiger partial charge in [0.2, 0.25) is 11.1 Å². The molecule has 4 heteroatoms. The second-order valence-electron chi connectivity index (χ2n) is 1.98. The van der Waals surface area contributed by atoms with Crippen molar-refractivity contribution in [3.63, 3.8) is 0 Å². The van der Waals surface area contributed by atoms with E-state index in [0.717, 1.165) is 0 Å². The van der Waals surface area contributed by atoms with Gasteiger partial charge >= 0.3 is 0 Å². The smallest absolute Gasteiger partial charge is 0.203 e. The molecule has 1 atom stereocenters. The van der Waals surface area contributed by atoms with Crippen molar-refractivity contribution < 1.29 is 13.5 Å². The summed E-state index contributed by atoms with van der Waals surface area (Å²) < 4.78 is 15.4. The van der Waals surface area contributed by atoms with Crippen LogP contribution in [0.25, 0.3) is 0 Å². The zero-order valence-electron chi connectivity index (χ0n) is 5.98. The molecule has 1 aromatic rings. The van der Waals surface area contributed by atoms with Crippen molar-refractivity contribution in [1.82, 2.24) is 0 Å². The van der Waals surface area contributed by atoms with Crippen LogP contribution in [-0.4, -0.2) is 15.6 Å². The third-order valence-corrected chi connectivity index (χ3v) is 1.48. The molecule has 0 spiro atoms. The number of hydrogen-bond donors (Lipinski definition) is 1. The Morgan fingerprint density at radius 3 is 2.36 bits per heavy atom. The van der Waals surface area contributed by atoms with Gasteiger partial charge in [-0.2, -0.15) is 0 Å². The van der Waals surface area contributed by atoms with E-state index in [1.807, 2.05) is 0 Å². The van der Waals surface area contributed by atoms with E-state index in [0.29, 0.717) is 5.75 Å². The summed E-state index contributed by atoms with van der Waals surface area (Å²) in [4.78, 5) is 0. The second-order valence-corrected chi connectivity index (χ2v) is 2.95. The zero-order valence-corrected chi connectivity index (χ0v) is 6.80. The van der Waals surface area contributed by atoms with Crippen LogP contribution in [0.15, 0.2) is 24.3 Å². The van der Waals surface area contributed by atoms with Gasteiger partial charge in [-0.25, -0.2) is 4.21 Å². The number of aromatic hydroxyl groups is 1. The van der Waals surface area contributed by atoms with Crippen LogP contribution < -0.4 is 4.18 Å². The molecule has 60 valence electrons. The fourth-order valence-corrected chi connectivity index (χ4v) is 1.02. The van der Waals surface area contributed by atoms with Crippen molar-refractivity contribution in [2.45, 2.75) is 0 Å². The summed E-state index contributed by atoms with van der Waals surface area (Å²) in [5, 5.41) is 8.86. The average molecular weight is 172 g/mol. The molecular weight excluding hydrogens is 164 g/mol. The molecule has 0 radical (unpaired) electrons. The van der Waals surface area contributed by atoms with Crippen LogP contribution in [-0.2, 0) is 11.1 Å². The third-order valence-electron chi connectivity index (χ3n) is 1.05. The van der Waals surface area contributed by atoms with Crippen molar-refractivity contribution in [2.24, 2.45) is 0 Å². The predicted molar refractivity (Wildman–Crippen MR) is 42.8 cm³/mol. The van der Waals surface area contributed by atoms with Crippen molar-refractivity contribution in [3.8, 4) is 11.5 Å². The molecule has 1 rings (SSSR count). The first-order chi connectivity index (χ1) is 5.18. The number of rotatable bonds is 2. The van der Waals surface area contributed by atoms with E-state index < -0.39 is 11.1 Å². The van der Waals surface area contributed by atoms with Crippen molar-refractivity contribution >= 4 is 11.1 Å². The number of phenols is 1. The fraction of sp³-hybridized carbons (Fsp3) is 0.143. The quantitative estimate of drug-likeness (QED) is 0.725. The lowest BCUT2D eigenvalue weighted by molar-refractivity contribution is 0.473. The highest BCUT2D eigenvalue weighted by Gasteiger charge is 1.94. The first-order valence-electron chi connectivity index (χ1n) is 2.99. The maximum atomic E-state index is 10.5. The van der Waals surface area contributed by atoms with Gasteiger partial charge in [-0.15, -0.1) is 0 Å². The summed E-state index contributed by atoms with van der Waals surface area (Å²) in [7, 11) is 0. The molecule has 11 heavy (non-hydrogen) atoms. The standard InChI is InChI=1S/C7H8O3S/c1-11(9)10-7-4-2-6(8)3-5-7/h2-5,8H,1H3. The molecule has 0 saturated heterocycles. The summed E-state index contributed by atoms with van der Waals surface area (Å²) in [5.41, 5.74) is 0. The largest absolute Gasteiger partial charge is 0.508 e. The Kier molecular flexibility index (Phi) is 2.48. The van der Waals surface area contributed by atoms with Gasteiger partial charge < -0.3 is 9.29 Å². The molecule has 1 N–H and O–H groups in total. The van der Waals surface area contributed by atoms with E-state index >= 15 is 0 Å². The monoisotopic (exact) mass is 172 g/mol. The van der Waals surface area contributed by atoms with Gasteiger partial charge in [0.1, 0.15) is 11.5 Å². The van der Waals surface area contributed by atoms with Gasteiger partial charge in [0, 0.05) is 6.26 Å². The Bertz CT molecular complexity index is 255. The van der Waals surface area contributed by atoms with Crippen LogP contribution in [0.3, 0.4) is 0 Å². The van der Waals surface area contributed by atoms with E-state index in [2.05, 4.69) is 0 Å². The van der Waals surface area contributed by atoms with Gasteiger partial charge in [0.25, 0.3) is 0 Å². The molecule has 0 aliphatic rings. The molecule has 0 bridgehead atoms. The fourth-order valence-electron chi connectivity index (χ4n) is 0.637. The lowest BCUT2D eigenvalue weighted by Crippen LogP contribution is -1.95. The average Bonchev–Trinajstić information content (AvgIpc) is 1.93. The first-order valence-corrected chi connectivity index (χ1v) is 4.47. The van der Waals surface area contributed by atoms with E-state index in [-0.39, 0.29) is 5.75 Å². The molecule has 1 unspecified atom stereocenters. The van der Waals surface area contributed by atoms with Crippen LogP contribution in [0, 0.1) is 0 Å². The summed E-state index contributed by atoms with van der Waals surface area (Å²) in [5.74, 6) is 0.655. The molecule has 0 saturated carbocycles. The Hall–Kier alpha value is -1.03. The minimum Gasteiger partial charge on any atom is -0.508 e. The number of phenolic OH excluding ortho intramolecular Hbond substituents is 1. The van der Waals surface area contributed by atoms with E-state index in [4.69, 9.17) is 9.29 Å². The van der Waals surface area contributed by atoms with Crippen LogP contribution in [0.2, 0.25) is 0 Å². The molecule has 0 amide bonds. The summed E-state index contributed by atoms with van der Waals surface area (Å²) >= 11 is -1.30. The Morgan fingerprint density at radius 1 is 1.36 bits per heavy atom. The molecule has 0 heterocycles. The summed E-state index contributed by atoms with van der Waals surface area (Å²) in [6.07, 6.45) is 1.44. The van der Waals surface area contributed by atoms with Crippen molar-refractivity contribution in [2.75, 3.05) is 6.26 Å². The van der Waals surface area contributed by atoms with Gasteiger partial charge in [-0.05, 0) is 24.3 Å². The maximum Gasteiger partial charge on any atom is 0.203 e. The second kappa shape index (κ2) is 3.39. The molecule has 0 aromatic heterocycles. The predicted octanol–water partition coefficient (Wildman–Crippen LogP) is 1.06. The number of benzene rings is 1. The maximum absolute atomic E-state index is 10.5. The van der Waals surface area contributed by atoms with E-state index in [1.165, 1.54) is 18.4 Å². The molecule has 0 aliphatic carbocycles. The normalized spacial score (nSPS) is 12.5. The molecule has 0 fully saturated rings. The Morgan fingerprint density at radius 2 is 1.91 bits per heavy atom. The minimum absolute atomic E-state index is 0.166. The van der Waals surface area contributed by atoms with Gasteiger partial charge in [-0.3, -0.25) is 0 Å². The highest BCUT2D eigenvalue weighted by atomic mass is 32.2. The zero-order chi connectivity index (χ0) is 8.27. The SMILES string of the molecule is CS(=O)Oc1ccc(O)cc1. The van der Waals surface area contributed by atoms with Gasteiger partial charge in [-0.1, -0.05) is 0 Å². The molecule has 0 aliphatic heterocycles. The summed E-state index contributed by atoms with van der Waals surface area (Å²) in [6, 6.07) is 6.05. The molecule has 1 aromatic carbocycles. The van der Waals surface area contributed by atoms with Crippen molar-refractivity contribution in [3.05, 3.63) is 24.3 Å². The van der Waals surface area contributed by atoms with Gasteiger partial charge in [0.15, 0.2) is 0 Å². The topological polar surface area (TPSA) is 46.5 Å². The first kappa shape index (κ1) is 8.07. The lowest BCUT2D eigenvalue weighted by Gasteiger charge is -1.99. The molecule has 3 nitrogen and oxygen atoms in total. The van der Waals surface area contributed by atoms with Crippen molar-refractivity contribution in [1.29, 1.82) is 0 Å². The van der Waals surface area contributed by atoms with Crippen LogP contribution in [0.5, 0.6) is 11.5 Å². The summed E-state index contributed by atoms with van der Waals surface area (Å²) in [6.45, 7) is 0. The van der Waals surface area contributed by atoms with Crippen LogP contribution in [0.1, 0.15) is 0 Å². The van der Waals surface area contributed by atoms with Crippen LogP contribution in [0.4, 0.5) is 0 Å². The minimum atomic E-state index is -1.30. The Labute approximate surface area is 67.3 Å². The highest BCUT2D eigenvalue weighted by molar-refractivity contribution is 7.79. The lowest BCUT2D eigenvalue weighted by atomic mass is 10.3. The highest BCUT2D eigenvalue weighted by Crippen LogP contribution is 2.16. The molecular formula is C7H8O3S. The van der Waals surface area contributed by atoms with E-state index in [9.17, 15) is 4.21 Å². The van der Waals surface area contributed by atoms with E-state index in [1.54, 1.807) is 12.1 Å². The third kappa shape index (κ3) is 2.59. The number of hydrogen-bond acceptors (Lipinski definition) is 3. The van der Waals surface area contributed by atoms with Gasteiger partial charge in [0.05, 0.1) is 0 Å². The Balaban J connectivity index is 2.74.